The maximum atomic E-state index is 11.9. The molecule has 2 aromatic rings. The predicted molar refractivity (Wildman–Crippen MR) is 79.6 cm³/mol. The number of carbonyl (C=O) groups excluding carboxylic acids is 1. The van der Waals surface area contributed by atoms with Gasteiger partial charge in [-0.05, 0) is 18.6 Å². The summed E-state index contributed by atoms with van der Waals surface area (Å²) in [6.45, 7) is 4.13. The van der Waals surface area contributed by atoms with Gasteiger partial charge < -0.3 is 9.15 Å². The topological polar surface area (TPSA) is 39.4 Å². The number of esters is 1. The molecule has 0 aliphatic heterocycles. The zero-order chi connectivity index (χ0) is 14.4. The third kappa shape index (κ3) is 4.17. The van der Waals surface area contributed by atoms with E-state index in [9.17, 15) is 4.79 Å². The first-order valence-electron chi connectivity index (χ1n) is 6.54. The van der Waals surface area contributed by atoms with Crippen LogP contribution in [0.15, 0.2) is 52.0 Å². The molecule has 0 saturated carbocycles. The molecule has 20 heavy (non-hydrogen) atoms. The minimum atomic E-state index is -0.164. The van der Waals surface area contributed by atoms with Gasteiger partial charge in [0, 0.05) is 10.6 Å². The molecule has 1 unspecified atom stereocenters. The van der Waals surface area contributed by atoms with Gasteiger partial charge in [0.15, 0.2) is 0 Å². The molecule has 0 bridgehead atoms. The van der Waals surface area contributed by atoms with Crippen LogP contribution in [-0.4, -0.2) is 11.7 Å². The predicted octanol–water partition coefficient (Wildman–Crippen LogP) is 4.06. The van der Waals surface area contributed by atoms with Gasteiger partial charge in [0.1, 0.15) is 12.4 Å². The fourth-order valence-electron chi connectivity index (χ4n) is 1.68. The molecule has 3 nitrogen and oxygen atoms in total. The molecule has 0 saturated heterocycles. The molecule has 1 atom stereocenters. The Morgan fingerprint density at radius 2 is 2.05 bits per heavy atom. The van der Waals surface area contributed by atoms with Crippen LogP contribution in [0.1, 0.15) is 18.2 Å². The van der Waals surface area contributed by atoms with Crippen molar-refractivity contribution in [2.24, 2.45) is 5.92 Å². The lowest BCUT2D eigenvalue weighted by Crippen LogP contribution is -2.16. The van der Waals surface area contributed by atoms with Crippen molar-refractivity contribution in [1.82, 2.24) is 0 Å². The summed E-state index contributed by atoms with van der Waals surface area (Å²) in [5.74, 6) is 1.27. The van der Waals surface area contributed by atoms with Crippen LogP contribution < -0.4 is 0 Å². The molecule has 0 radical (unpaired) electrons. The van der Waals surface area contributed by atoms with Gasteiger partial charge in [0.05, 0.1) is 12.2 Å². The normalized spacial score (nSPS) is 12.1. The second-order valence-electron chi connectivity index (χ2n) is 4.65. The molecule has 0 fully saturated rings. The van der Waals surface area contributed by atoms with Crippen LogP contribution in [-0.2, 0) is 16.1 Å². The summed E-state index contributed by atoms with van der Waals surface area (Å²) in [7, 11) is 0. The van der Waals surface area contributed by atoms with Gasteiger partial charge >= 0.3 is 5.97 Å². The summed E-state index contributed by atoms with van der Waals surface area (Å²) < 4.78 is 10.5. The molecule has 0 N–H and O–H groups in total. The third-order valence-corrected chi connectivity index (χ3v) is 4.33. The van der Waals surface area contributed by atoms with E-state index in [1.165, 1.54) is 0 Å². The largest absolute Gasteiger partial charge is 0.468 e. The van der Waals surface area contributed by atoms with Crippen LogP contribution in [0.25, 0.3) is 0 Å². The lowest BCUT2D eigenvalue weighted by Gasteiger charge is -2.11. The van der Waals surface area contributed by atoms with Gasteiger partial charge in [0.2, 0.25) is 0 Å². The van der Waals surface area contributed by atoms with Gasteiger partial charge in [-0.25, -0.2) is 0 Å². The van der Waals surface area contributed by atoms with Crippen molar-refractivity contribution in [3.05, 3.63) is 54.0 Å². The highest BCUT2D eigenvalue weighted by Crippen LogP contribution is 2.25. The fourth-order valence-corrected chi connectivity index (χ4v) is 2.65. The number of aryl methyl sites for hydroxylation is 1. The van der Waals surface area contributed by atoms with E-state index in [1.807, 2.05) is 50.2 Å². The molecule has 2 rings (SSSR count). The number of hydrogen-bond acceptors (Lipinski definition) is 4. The second kappa shape index (κ2) is 7.20. The highest BCUT2D eigenvalue weighted by atomic mass is 32.2. The maximum absolute atomic E-state index is 11.9. The van der Waals surface area contributed by atoms with Crippen molar-refractivity contribution in [3.63, 3.8) is 0 Å². The molecule has 106 valence electrons. The molecule has 4 heteroatoms. The van der Waals surface area contributed by atoms with Gasteiger partial charge in [-0.1, -0.05) is 37.3 Å². The number of thioether (sulfide) groups is 1. The summed E-state index contributed by atoms with van der Waals surface area (Å²) in [4.78, 5) is 13.0. The second-order valence-corrected chi connectivity index (χ2v) is 5.71. The SMILES string of the molecule is Cc1occc1SCC(C)C(=O)OCc1ccccc1. The standard InChI is InChI=1S/C16H18O3S/c1-12(11-20-15-8-9-18-13(15)2)16(17)19-10-14-6-4-3-5-7-14/h3-9,12H,10-11H2,1-2H3. The Labute approximate surface area is 123 Å². The van der Waals surface area contributed by atoms with E-state index in [0.717, 1.165) is 16.2 Å². The molecule has 1 aromatic heterocycles. The number of ether oxygens (including phenoxy) is 1. The molecule has 0 amide bonds. The summed E-state index contributed by atoms with van der Waals surface area (Å²) >= 11 is 1.62. The number of benzene rings is 1. The Kier molecular flexibility index (Phi) is 5.30. The van der Waals surface area contributed by atoms with Crippen molar-refractivity contribution in [3.8, 4) is 0 Å². The Morgan fingerprint density at radius 1 is 1.30 bits per heavy atom. The van der Waals surface area contributed by atoms with E-state index in [0.29, 0.717) is 12.4 Å². The van der Waals surface area contributed by atoms with Crippen molar-refractivity contribution in [1.29, 1.82) is 0 Å². The fraction of sp³-hybridized carbons (Fsp3) is 0.312. The lowest BCUT2D eigenvalue weighted by atomic mass is 10.2. The number of carbonyl (C=O) groups is 1. The molecule has 0 aliphatic carbocycles. The van der Waals surface area contributed by atoms with Crippen LogP contribution >= 0.6 is 11.8 Å². The molecule has 0 aliphatic rings. The van der Waals surface area contributed by atoms with E-state index in [2.05, 4.69) is 0 Å². The van der Waals surface area contributed by atoms with E-state index >= 15 is 0 Å². The van der Waals surface area contributed by atoms with Crippen LogP contribution in [0.3, 0.4) is 0 Å². The van der Waals surface area contributed by atoms with E-state index in [4.69, 9.17) is 9.15 Å². The molecular formula is C16H18O3S. The van der Waals surface area contributed by atoms with Gasteiger partial charge in [-0.2, -0.15) is 0 Å². The maximum Gasteiger partial charge on any atom is 0.309 e. The molecular weight excluding hydrogens is 272 g/mol. The third-order valence-electron chi connectivity index (χ3n) is 2.93. The Balaban J connectivity index is 1.76. The monoisotopic (exact) mass is 290 g/mol. The van der Waals surface area contributed by atoms with Crippen molar-refractivity contribution >= 4 is 17.7 Å². The van der Waals surface area contributed by atoms with Crippen LogP contribution in [0.4, 0.5) is 0 Å². The number of rotatable bonds is 6. The van der Waals surface area contributed by atoms with Gasteiger partial charge in [-0.15, -0.1) is 11.8 Å². The van der Waals surface area contributed by atoms with Gasteiger partial charge in [0.25, 0.3) is 0 Å². The zero-order valence-electron chi connectivity index (χ0n) is 11.7. The lowest BCUT2D eigenvalue weighted by molar-refractivity contribution is -0.148. The number of hydrogen-bond donors (Lipinski definition) is 0. The summed E-state index contributed by atoms with van der Waals surface area (Å²) in [5.41, 5.74) is 1.01. The smallest absolute Gasteiger partial charge is 0.309 e. The van der Waals surface area contributed by atoms with E-state index in [1.54, 1.807) is 18.0 Å². The summed E-state index contributed by atoms with van der Waals surface area (Å²) in [5, 5.41) is 0. The molecule has 1 aromatic carbocycles. The molecule has 0 spiro atoms. The minimum absolute atomic E-state index is 0.141. The van der Waals surface area contributed by atoms with Crippen LogP contribution in [0.5, 0.6) is 0 Å². The highest BCUT2D eigenvalue weighted by molar-refractivity contribution is 7.99. The van der Waals surface area contributed by atoms with Crippen LogP contribution in [0, 0.1) is 12.8 Å². The number of furan rings is 1. The minimum Gasteiger partial charge on any atom is -0.468 e. The van der Waals surface area contributed by atoms with Gasteiger partial charge in [-0.3, -0.25) is 4.79 Å². The Hall–Kier alpha value is -1.68. The van der Waals surface area contributed by atoms with Crippen LogP contribution in [0.2, 0.25) is 0 Å². The van der Waals surface area contributed by atoms with E-state index < -0.39 is 0 Å². The van der Waals surface area contributed by atoms with Crippen molar-refractivity contribution < 1.29 is 13.9 Å². The summed E-state index contributed by atoms with van der Waals surface area (Å²) in [6.07, 6.45) is 1.66. The summed E-state index contributed by atoms with van der Waals surface area (Å²) in [6, 6.07) is 11.6. The Bertz CT molecular complexity index is 548. The van der Waals surface area contributed by atoms with Crippen molar-refractivity contribution in [2.75, 3.05) is 5.75 Å². The zero-order valence-corrected chi connectivity index (χ0v) is 12.5. The van der Waals surface area contributed by atoms with Crippen molar-refractivity contribution in [2.45, 2.75) is 25.3 Å². The Morgan fingerprint density at radius 3 is 2.70 bits per heavy atom. The quantitative estimate of drug-likeness (QED) is 0.594. The first-order chi connectivity index (χ1) is 9.66. The highest BCUT2D eigenvalue weighted by Gasteiger charge is 2.16. The first-order valence-corrected chi connectivity index (χ1v) is 7.53. The average Bonchev–Trinajstić information content (AvgIpc) is 2.88. The molecule has 1 heterocycles. The first kappa shape index (κ1) is 14.7. The average molecular weight is 290 g/mol. The van der Waals surface area contributed by atoms with E-state index in [-0.39, 0.29) is 11.9 Å².